The van der Waals surface area contributed by atoms with Crippen LogP contribution in [0.4, 0.5) is 0 Å². The Labute approximate surface area is 125 Å². The maximum absolute atomic E-state index is 11.7. The molecule has 1 aliphatic rings. The zero-order valence-electron chi connectivity index (χ0n) is 11.8. The molecule has 1 aromatic heterocycles. The first-order valence-corrected chi connectivity index (χ1v) is 6.57. The van der Waals surface area contributed by atoms with Crippen LogP contribution in [0.5, 0.6) is 0 Å². The zero-order chi connectivity index (χ0) is 16.1. The Hall–Kier alpha value is -2.90. The van der Waals surface area contributed by atoms with Gasteiger partial charge in [0.25, 0.3) is 11.8 Å². The molecule has 0 spiro atoms. The molecule has 0 aromatic carbocycles. The Balaban J connectivity index is 1.84. The first kappa shape index (κ1) is 15.5. The maximum Gasteiger partial charge on any atom is 0.354 e. The van der Waals surface area contributed by atoms with Crippen LogP contribution in [0.15, 0.2) is 28.9 Å². The molecule has 3 amide bonds. The fourth-order valence-electron chi connectivity index (χ4n) is 1.69. The second kappa shape index (κ2) is 6.70. The van der Waals surface area contributed by atoms with Crippen molar-refractivity contribution in [2.45, 2.75) is 25.8 Å². The molecule has 1 fully saturated rings. The third-order valence-corrected chi connectivity index (χ3v) is 2.84. The maximum atomic E-state index is 11.7. The van der Waals surface area contributed by atoms with Gasteiger partial charge in [-0.15, -0.1) is 5.06 Å². The highest BCUT2D eigenvalue weighted by Crippen LogP contribution is 2.12. The Morgan fingerprint density at radius 2 is 2.05 bits per heavy atom. The topological polar surface area (TPSA) is 106 Å². The SMILES string of the molecule is C[C@H](NC(=O)/C=C/c1ccco1)C(=O)ON1C(=O)CCC1=O. The van der Waals surface area contributed by atoms with Gasteiger partial charge in [-0.2, -0.15) is 0 Å². The molecule has 1 saturated heterocycles. The minimum Gasteiger partial charge on any atom is -0.465 e. The molecular weight excluding hydrogens is 292 g/mol. The summed E-state index contributed by atoms with van der Waals surface area (Å²) >= 11 is 0. The fraction of sp³-hybridized carbons (Fsp3) is 0.286. The first-order valence-electron chi connectivity index (χ1n) is 6.57. The average molecular weight is 306 g/mol. The van der Waals surface area contributed by atoms with E-state index in [0.717, 1.165) is 0 Å². The highest BCUT2D eigenvalue weighted by atomic mass is 16.7. The number of hydrogen-bond donors (Lipinski definition) is 1. The molecule has 8 heteroatoms. The van der Waals surface area contributed by atoms with Crippen LogP contribution in [0.3, 0.4) is 0 Å². The monoisotopic (exact) mass is 306 g/mol. The summed E-state index contributed by atoms with van der Waals surface area (Å²) in [6.07, 6.45) is 4.11. The molecule has 0 radical (unpaired) electrons. The van der Waals surface area contributed by atoms with E-state index >= 15 is 0 Å². The summed E-state index contributed by atoms with van der Waals surface area (Å²) in [5, 5.41) is 2.79. The van der Waals surface area contributed by atoms with Crippen LogP contribution in [0.2, 0.25) is 0 Å². The largest absolute Gasteiger partial charge is 0.465 e. The number of carbonyl (C=O) groups excluding carboxylic acids is 4. The zero-order valence-corrected chi connectivity index (χ0v) is 11.8. The van der Waals surface area contributed by atoms with Gasteiger partial charge in [-0.05, 0) is 25.1 Å². The summed E-state index contributed by atoms with van der Waals surface area (Å²) in [5.41, 5.74) is 0. The van der Waals surface area contributed by atoms with Gasteiger partial charge >= 0.3 is 5.97 Å². The van der Waals surface area contributed by atoms with Gasteiger partial charge in [0.2, 0.25) is 5.91 Å². The summed E-state index contributed by atoms with van der Waals surface area (Å²) in [6, 6.07) is 2.31. The molecule has 116 valence electrons. The van der Waals surface area contributed by atoms with Crippen molar-refractivity contribution in [2.24, 2.45) is 0 Å². The molecule has 8 nitrogen and oxygen atoms in total. The number of rotatable bonds is 5. The number of hydroxylamine groups is 2. The van der Waals surface area contributed by atoms with Crippen molar-refractivity contribution in [2.75, 3.05) is 0 Å². The number of amides is 3. The molecule has 1 aromatic rings. The van der Waals surface area contributed by atoms with Crippen molar-refractivity contribution < 1.29 is 28.4 Å². The molecule has 0 unspecified atom stereocenters. The average Bonchev–Trinajstić information content (AvgIpc) is 3.10. The normalized spacial score (nSPS) is 16.1. The van der Waals surface area contributed by atoms with Crippen LogP contribution in [0.1, 0.15) is 25.5 Å². The molecule has 0 aliphatic carbocycles. The van der Waals surface area contributed by atoms with Crippen molar-refractivity contribution >= 4 is 29.8 Å². The lowest BCUT2D eigenvalue weighted by Crippen LogP contribution is -2.43. The molecule has 1 atom stereocenters. The van der Waals surface area contributed by atoms with E-state index in [-0.39, 0.29) is 12.8 Å². The molecule has 2 heterocycles. The third-order valence-electron chi connectivity index (χ3n) is 2.84. The van der Waals surface area contributed by atoms with Crippen molar-refractivity contribution in [3.63, 3.8) is 0 Å². The van der Waals surface area contributed by atoms with E-state index in [1.54, 1.807) is 12.1 Å². The number of furan rings is 1. The Morgan fingerprint density at radius 1 is 1.36 bits per heavy atom. The lowest BCUT2D eigenvalue weighted by atomic mass is 10.3. The van der Waals surface area contributed by atoms with Gasteiger partial charge in [-0.25, -0.2) is 4.79 Å². The van der Waals surface area contributed by atoms with E-state index in [1.807, 2.05) is 0 Å². The molecule has 2 rings (SSSR count). The van der Waals surface area contributed by atoms with Crippen LogP contribution in [-0.2, 0) is 24.0 Å². The van der Waals surface area contributed by atoms with Gasteiger partial charge in [-0.3, -0.25) is 14.4 Å². The van der Waals surface area contributed by atoms with E-state index in [1.165, 1.54) is 25.3 Å². The van der Waals surface area contributed by atoms with Crippen molar-refractivity contribution in [3.05, 3.63) is 30.2 Å². The minimum absolute atomic E-state index is 0.0126. The smallest absolute Gasteiger partial charge is 0.354 e. The second-order valence-corrected chi connectivity index (χ2v) is 4.57. The molecule has 1 aliphatic heterocycles. The number of hydrogen-bond acceptors (Lipinski definition) is 6. The molecule has 1 N–H and O–H groups in total. The Bertz CT molecular complexity index is 603. The summed E-state index contributed by atoms with van der Waals surface area (Å²) in [5.74, 6) is -2.11. The number of nitrogens with zero attached hydrogens (tertiary/aromatic N) is 1. The summed E-state index contributed by atoms with van der Waals surface area (Å²) in [4.78, 5) is 50.7. The summed E-state index contributed by atoms with van der Waals surface area (Å²) in [6.45, 7) is 1.38. The minimum atomic E-state index is -1.02. The summed E-state index contributed by atoms with van der Waals surface area (Å²) in [7, 11) is 0. The van der Waals surface area contributed by atoms with Crippen molar-refractivity contribution in [1.29, 1.82) is 0 Å². The van der Waals surface area contributed by atoms with Gasteiger partial charge in [0.05, 0.1) is 6.26 Å². The van der Waals surface area contributed by atoms with Crippen molar-refractivity contribution in [1.82, 2.24) is 10.4 Å². The Kier molecular flexibility index (Phi) is 4.72. The van der Waals surface area contributed by atoms with E-state index in [9.17, 15) is 19.2 Å². The van der Waals surface area contributed by atoms with Gasteiger partial charge in [0.1, 0.15) is 11.8 Å². The predicted octanol–water partition coefficient (Wildman–Crippen LogP) is 0.405. The van der Waals surface area contributed by atoms with Crippen LogP contribution < -0.4 is 5.32 Å². The molecule has 0 saturated carbocycles. The van der Waals surface area contributed by atoms with Crippen LogP contribution in [-0.4, -0.2) is 34.8 Å². The van der Waals surface area contributed by atoms with E-state index in [0.29, 0.717) is 10.8 Å². The molecular formula is C14H14N2O6. The Morgan fingerprint density at radius 3 is 2.64 bits per heavy atom. The number of imide groups is 1. The second-order valence-electron chi connectivity index (χ2n) is 4.57. The van der Waals surface area contributed by atoms with Crippen LogP contribution in [0, 0.1) is 0 Å². The van der Waals surface area contributed by atoms with Gasteiger partial charge in [0.15, 0.2) is 0 Å². The van der Waals surface area contributed by atoms with Crippen LogP contribution in [0.25, 0.3) is 6.08 Å². The van der Waals surface area contributed by atoms with Gasteiger partial charge in [0, 0.05) is 18.9 Å². The lowest BCUT2D eigenvalue weighted by molar-refractivity contribution is -0.198. The van der Waals surface area contributed by atoms with Crippen LogP contribution >= 0.6 is 0 Å². The summed E-state index contributed by atoms with van der Waals surface area (Å²) < 4.78 is 5.01. The fourth-order valence-corrected chi connectivity index (χ4v) is 1.69. The highest BCUT2D eigenvalue weighted by molar-refractivity contribution is 6.02. The van der Waals surface area contributed by atoms with E-state index in [2.05, 4.69) is 10.2 Å². The standard InChI is InChI=1S/C14H14N2O6/c1-9(14(20)22-16-12(18)6-7-13(16)19)15-11(17)5-4-10-3-2-8-21-10/h2-5,8-9H,6-7H2,1H3,(H,15,17)/b5-4+/t9-/m0/s1. The highest BCUT2D eigenvalue weighted by Gasteiger charge is 2.34. The van der Waals surface area contributed by atoms with Gasteiger partial charge < -0.3 is 14.6 Å². The third kappa shape index (κ3) is 3.81. The molecule has 0 bridgehead atoms. The van der Waals surface area contributed by atoms with E-state index < -0.39 is 29.7 Å². The number of carbonyl (C=O) groups is 4. The van der Waals surface area contributed by atoms with Crippen molar-refractivity contribution in [3.8, 4) is 0 Å². The predicted molar refractivity (Wildman–Crippen MR) is 72.5 cm³/mol. The lowest BCUT2D eigenvalue weighted by Gasteiger charge is -2.16. The first-order chi connectivity index (χ1) is 10.5. The van der Waals surface area contributed by atoms with Gasteiger partial charge in [-0.1, -0.05) is 0 Å². The molecule has 22 heavy (non-hydrogen) atoms. The van der Waals surface area contributed by atoms with E-state index in [4.69, 9.17) is 4.42 Å². The quantitative estimate of drug-likeness (QED) is 0.623. The number of nitrogens with one attached hydrogen (secondary N) is 1.